The van der Waals surface area contributed by atoms with Gasteiger partial charge in [0.15, 0.2) is 0 Å². The summed E-state index contributed by atoms with van der Waals surface area (Å²) in [4.78, 5) is 1.50. The van der Waals surface area contributed by atoms with Crippen LogP contribution in [0.5, 0.6) is 0 Å². The van der Waals surface area contributed by atoms with E-state index in [4.69, 9.17) is 10.0 Å². The zero-order valence-electron chi connectivity index (χ0n) is 12.4. The molecule has 1 saturated heterocycles. The van der Waals surface area contributed by atoms with Gasteiger partial charge in [-0.05, 0) is 5.92 Å². The van der Waals surface area contributed by atoms with E-state index in [-0.39, 0.29) is 25.6 Å². The Balaban J connectivity index is 2.94. The third-order valence-electron chi connectivity index (χ3n) is 3.30. The Bertz CT molecular complexity index is 339. The zero-order chi connectivity index (χ0) is 16.3. The van der Waals surface area contributed by atoms with Crippen LogP contribution in [0.1, 0.15) is 13.8 Å². The molecule has 0 aromatic heterocycles. The first-order valence-electron chi connectivity index (χ1n) is 6.68. The molecule has 10 heteroatoms. The molecule has 124 valence electrons. The smallest absolute Gasteiger partial charge is 0.402 e. The van der Waals surface area contributed by atoms with E-state index in [0.717, 1.165) is 12.0 Å². The van der Waals surface area contributed by atoms with Crippen LogP contribution in [-0.2, 0) is 9.39 Å². The summed E-state index contributed by atoms with van der Waals surface area (Å²) < 4.78 is 52.8. The number of hydrogen-bond acceptors (Lipinski definition) is 6. The number of hydrogen-bond donors (Lipinski definition) is 2. The van der Waals surface area contributed by atoms with Crippen molar-refractivity contribution in [2.75, 3.05) is 40.1 Å². The normalized spacial score (nSPS) is 27.3. The first-order chi connectivity index (χ1) is 9.65. The summed E-state index contributed by atoms with van der Waals surface area (Å²) >= 11 is 0. The molecular formula is C11H22BF3N2O4. The van der Waals surface area contributed by atoms with Gasteiger partial charge in [-0.3, -0.25) is 4.90 Å². The highest BCUT2D eigenvalue weighted by molar-refractivity contribution is 6.32. The van der Waals surface area contributed by atoms with Gasteiger partial charge in [0.05, 0.1) is 6.73 Å². The molecule has 1 unspecified atom stereocenters. The van der Waals surface area contributed by atoms with Crippen LogP contribution in [0.15, 0.2) is 0 Å². The van der Waals surface area contributed by atoms with E-state index < -0.39 is 32.5 Å². The van der Waals surface area contributed by atoms with Crippen molar-refractivity contribution in [3.05, 3.63) is 0 Å². The van der Waals surface area contributed by atoms with Crippen molar-refractivity contribution < 1.29 is 32.6 Å². The van der Waals surface area contributed by atoms with Gasteiger partial charge in [0.2, 0.25) is 0 Å². The minimum atomic E-state index is -3.88. The standard InChI is InChI=1S/C11H22BF3N2O4/c1-9(2)6-16-4-5-17(8-21-12(18)19)11(14,15)10(16,13)7-20-3/h9,18-19H,4-8H2,1-3H3. The molecule has 0 radical (unpaired) electrons. The van der Waals surface area contributed by atoms with E-state index in [2.05, 4.69) is 9.39 Å². The van der Waals surface area contributed by atoms with Gasteiger partial charge in [-0.15, -0.1) is 0 Å². The number of halogens is 3. The van der Waals surface area contributed by atoms with Gasteiger partial charge >= 0.3 is 13.4 Å². The summed E-state index contributed by atoms with van der Waals surface area (Å²) in [5.41, 5.74) is 0. The van der Waals surface area contributed by atoms with Crippen molar-refractivity contribution in [1.82, 2.24) is 9.80 Å². The number of rotatable bonds is 7. The van der Waals surface area contributed by atoms with Crippen molar-refractivity contribution in [2.45, 2.75) is 25.7 Å². The van der Waals surface area contributed by atoms with Gasteiger partial charge in [-0.25, -0.2) is 9.29 Å². The Morgan fingerprint density at radius 3 is 2.24 bits per heavy atom. The topological polar surface area (TPSA) is 65.4 Å². The molecule has 1 heterocycles. The van der Waals surface area contributed by atoms with Crippen molar-refractivity contribution >= 4 is 7.32 Å². The fourth-order valence-electron chi connectivity index (χ4n) is 2.34. The number of alkyl halides is 3. The van der Waals surface area contributed by atoms with Crippen LogP contribution < -0.4 is 0 Å². The lowest BCUT2D eigenvalue weighted by Gasteiger charge is -2.50. The largest absolute Gasteiger partial charge is 0.634 e. The Morgan fingerprint density at radius 1 is 1.19 bits per heavy atom. The van der Waals surface area contributed by atoms with Crippen LogP contribution in [-0.4, -0.2) is 79.1 Å². The Kier molecular flexibility index (Phi) is 6.44. The summed E-state index contributed by atoms with van der Waals surface area (Å²) in [5, 5.41) is 17.2. The molecule has 0 spiro atoms. The molecule has 0 bridgehead atoms. The van der Waals surface area contributed by atoms with Gasteiger partial charge in [0, 0.05) is 26.7 Å². The molecule has 2 N–H and O–H groups in total. The van der Waals surface area contributed by atoms with Crippen molar-refractivity contribution in [1.29, 1.82) is 0 Å². The zero-order valence-corrected chi connectivity index (χ0v) is 12.4. The molecule has 1 aliphatic rings. The summed E-state index contributed by atoms with van der Waals surface area (Å²) in [6, 6.07) is -3.88. The van der Waals surface area contributed by atoms with Crippen molar-refractivity contribution in [2.24, 2.45) is 5.92 Å². The summed E-state index contributed by atoms with van der Waals surface area (Å²) in [7, 11) is -1.04. The predicted molar refractivity (Wildman–Crippen MR) is 69.9 cm³/mol. The second-order valence-corrected chi connectivity index (χ2v) is 5.46. The quantitative estimate of drug-likeness (QED) is 0.514. The van der Waals surface area contributed by atoms with Crippen molar-refractivity contribution in [3.8, 4) is 0 Å². The minimum Gasteiger partial charge on any atom is -0.402 e. The lowest BCUT2D eigenvalue weighted by molar-refractivity contribution is -0.331. The van der Waals surface area contributed by atoms with E-state index >= 15 is 0 Å². The second-order valence-electron chi connectivity index (χ2n) is 5.46. The number of methoxy groups -OCH3 is 1. The molecule has 1 fully saturated rings. The van der Waals surface area contributed by atoms with Crippen LogP contribution in [0.25, 0.3) is 0 Å². The van der Waals surface area contributed by atoms with E-state index in [1.807, 2.05) is 13.8 Å². The number of nitrogens with zero attached hydrogens (tertiary/aromatic N) is 2. The van der Waals surface area contributed by atoms with Gasteiger partial charge in [0.1, 0.15) is 6.61 Å². The number of piperazine rings is 1. The first kappa shape index (κ1) is 18.7. The fourth-order valence-corrected chi connectivity index (χ4v) is 2.34. The highest BCUT2D eigenvalue weighted by atomic mass is 19.3. The lowest BCUT2D eigenvalue weighted by atomic mass is 10.0. The first-order valence-corrected chi connectivity index (χ1v) is 6.68. The average molecular weight is 314 g/mol. The van der Waals surface area contributed by atoms with Gasteiger partial charge in [-0.2, -0.15) is 8.78 Å². The third kappa shape index (κ3) is 4.08. The van der Waals surface area contributed by atoms with E-state index in [9.17, 15) is 13.2 Å². The van der Waals surface area contributed by atoms with Crippen LogP contribution in [0.2, 0.25) is 0 Å². The van der Waals surface area contributed by atoms with Crippen LogP contribution in [0.3, 0.4) is 0 Å². The van der Waals surface area contributed by atoms with Crippen LogP contribution in [0.4, 0.5) is 13.2 Å². The minimum absolute atomic E-state index is 0.00912. The summed E-state index contributed by atoms with van der Waals surface area (Å²) in [6.07, 6.45) is 0. The van der Waals surface area contributed by atoms with Gasteiger partial charge in [-0.1, -0.05) is 13.8 Å². The molecule has 0 aliphatic carbocycles. The van der Waals surface area contributed by atoms with E-state index in [0.29, 0.717) is 4.90 Å². The molecule has 0 aromatic carbocycles. The van der Waals surface area contributed by atoms with E-state index in [1.165, 1.54) is 0 Å². The lowest BCUT2D eigenvalue weighted by Crippen LogP contribution is -2.72. The number of ether oxygens (including phenoxy) is 1. The average Bonchev–Trinajstić information content (AvgIpc) is 2.34. The highest BCUT2D eigenvalue weighted by Crippen LogP contribution is 2.42. The van der Waals surface area contributed by atoms with Crippen molar-refractivity contribution in [3.63, 3.8) is 0 Å². The Hall–Kier alpha value is -0.385. The molecule has 6 nitrogen and oxygen atoms in total. The Morgan fingerprint density at radius 2 is 1.76 bits per heavy atom. The summed E-state index contributed by atoms with van der Waals surface area (Å²) in [6.45, 7) is 2.07. The molecular weight excluding hydrogens is 292 g/mol. The maximum atomic E-state index is 15.0. The monoisotopic (exact) mass is 314 g/mol. The molecule has 21 heavy (non-hydrogen) atoms. The Labute approximate surface area is 122 Å². The molecule has 1 atom stereocenters. The van der Waals surface area contributed by atoms with Gasteiger partial charge in [0.25, 0.3) is 5.79 Å². The van der Waals surface area contributed by atoms with Crippen LogP contribution in [0, 0.1) is 5.92 Å². The molecule has 0 saturated carbocycles. The second kappa shape index (κ2) is 7.25. The molecule has 0 amide bonds. The van der Waals surface area contributed by atoms with E-state index in [1.54, 1.807) is 0 Å². The highest BCUT2D eigenvalue weighted by Gasteiger charge is 2.64. The SMILES string of the molecule is COCC1(F)N(CC(C)C)CCN(COB(O)O)C1(F)F. The predicted octanol–water partition coefficient (Wildman–Crippen LogP) is 0.109. The molecule has 1 aliphatic heterocycles. The van der Waals surface area contributed by atoms with Gasteiger partial charge < -0.3 is 19.4 Å². The third-order valence-corrected chi connectivity index (χ3v) is 3.30. The van der Waals surface area contributed by atoms with Crippen LogP contribution >= 0.6 is 0 Å². The maximum Gasteiger partial charge on any atom is 0.634 e. The molecule has 1 rings (SSSR count). The maximum absolute atomic E-state index is 15.0. The fraction of sp³-hybridized carbons (Fsp3) is 1.00. The summed E-state index contributed by atoms with van der Waals surface area (Å²) in [5.74, 6) is -3.00. The molecule has 0 aromatic rings.